The quantitative estimate of drug-likeness (QED) is 0.406. The topological polar surface area (TPSA) is 146 Å². The number of hydrogen-bond acceptors (Lipinski definition) is 9. The molecule has 0 radical (unpaired) electrons. The Morgan fingerprint density at radius 3 is 2.67 bits per heavy atom. The number of rotatable bonds is 4. The number of aromatic amines is 1. The molecule has 0 aromatic carbocycles. The third-order valence-electron chi connectivity index (χ3n) is 8.55. The standard InChI is InChI=1S/C28H26N10O2/c39-22-7-9-30-27-23(22)24(16-10-17-4-5-18(11-16)37(17)28(40)25-32-14-33-36-25)35-26-19(13-34-38(26)27)15-3-6-21(31-12-15)20-2-1-8-29-20/h1-3,6,12-14,16-18,30H,4-5,7-11H2,(H,32,33,36). The van der Waals surface area contributed by atoms with E-state index in [1.165, 1.54) is 6.33 Å². The summed E-state index contributed by atoms with van der Waals surface area (Å²) in [5.41, 5.74) is 5.59. The van der Waals surface area contributed by atoms with Gasteiger partial charge in [0.15, 0.2) is 11.4 Å². The van der Waals surface area contributed by atoms with Crippen LogP contribution in [0.2, 0.25) is 0 Å². The van der Waals surface area contributed by atoms with E-state index in [-0.39, 0.29) is 35.5 Å². The third-order valence-corrected chi connectivity index (χ3v) is 8.55. The van der Waals surface area contributed by atoms with Crippen LogP contribution in [0.25, 0.3) is 16.8 Å². The van der Waals surface area contributed by atoms with Gasteiger partial charge >= 0.3 is 0 Å². The minimum atomic E-state index is -0.111. The molecule has 8 rings (SSSR count). The van der Waals surface area contributed by atoms with E-state index in [4.69, 9.17) is 4.98 Å². The Labute approximate surface area is 228 Å². The van der Waals surface area contributed by atoms with Crippen molar-refractivity contribution >= 4 is 28.9 Å². The number of aromatic nitrogens is 7. The van der Waals surface area contributed by atoms with Gasteiger partial charge in [-0.3, -0.25) is 24.7 Å². The molecule has 0 spiro atoms. The van der Waals surface area contributed by atoms with Crippen LogP contribution in [-0.4, -0.2) is 82.2 Å². The van der Waals surface area contributed by atoms with E-state index in [9.17, 15) is 9.59 Å². The molecule has 12 nitrogen and oxygen atoms in total. The maximum atomic E-state index is 13.3. The van der Waals surface area contributed by atoms with Gasteiger partial charge in [0.1, 0.15) is 12.1 Å². The number of aliphatic imine (C=N–C) groups is 1. The number of anilines is 1. The van der Waals surface area contributed by atoms with Crippen molar-refractivity contribution in [2.24, 2.45) is 4.99 Å². The highest BCUT2D eigenvalue weighted by atomic mass is 16.2. The summed E-state index contributed by atoms with van der Waals surface area (Å²) in [6, 6.07) is 4.11. The number of carbonyl (C=O) groups is 2. The Morgan fingerprint density at radius 2 is 1.95 bits per heavy atom. The fourth-order valence-electron chi connectivity index (χ4n) is 6.77. The SMILES string of the molecule is O=C1CCNc2c1c(C1CC3CCC(C1)N3C(=O)c1ncn[nH]1)nc1c(-c3ccc(C4=NCC=C4)nc3)cnn21. The minimum absolute atomic E-state index is 0.0503. The van der Waals surface area contributed by atoms with Crippen molar-refractivity contribution in [3.8, 4) is 11.1 Å². The smallest absolute Gasteiger partial charge is 0.291 e. The van der Waals surface area contributed by atoms with Gasteiger partial charge in [-0.15, -0.1) is 0 Å². The molecular formula is C28H26N10O2. The lowest BCUT2D eigenvalue weighted by molar-refractivity contribution is 0.0556. The van der Waals surface area contributed by atoms with Gasteiger partial charge in [0, 0.05) is 48.3 Å². The summed E-state index contributed by atoms with van der Waals surface area (Å²) in [6.07, 6.45) is 12.7. The molecule has 0 aliphatic carbocycles. The molecule has 8 heterocycles. The number of hydrogen-bond donors (Lipinski definition) is 2. The maximum absolute atomic E-state index is 13.3. The molecule has 4 aromatic rings. The number of nitrogens with one attached hydrogen (secondary N) is 2. The lowest BCUT2D eigenvalue weighted by Crippen LogP contribution is -2.46. The lowest BCUT2D eigenvalue weighted by Gasteiger charge is -2.39. The van der Waals surface area contributed by atoms with E-state index >= 15 is 0 Å². The van der Waals surface area contributed by atoms with Crippen molar-refractivity contribution in [1.82, 2.24) is 39.7 Å². The van der Waals surface area contributed by atoms with Gasteiger partial charge in [-0.25, -0.2) is 9.97 Å². The first-order valence-corrected chi connectivity index (χ1v) is 13.7. The second-order valence-electron chi connectivity index (χ2n) is 10.8. The first kappa shape index (κ1) is 23.2. The second kappa shape index (κ2) is 8.90. The number of H-pyrrole nitrogens is 1. The van der Waals surface area contributed by atoms with Gasteiger partial charge in [0.25, 0.3) is 5.91 Å². The Balaban J connectivity index is 1.19. The molecule has 200 valence electrons. The van der Waals surface area contributed by atoms with Crippen LogP contribution < -0.4 is 5.32 Å². The minimum Gasteiger partial charge on any atom is -0.369 e. The molecule has 0 saturated carbocycles. The van der Waals surface area contributed by atoms with E-state index in [2.05, 4.69) is 35.6 Å². The average Bonchev–Trinajstić information content (AvgIpc) is 3.80. The zero-order valence-electron chi connectivity index (χ0n) is 21.6. The fraction of sp³-hybridized carbons (Fsp3) is 0.357. The predicted molar refractivity (Wildman–Crippen MR) is 146 cm³/mol. The van der Waals surface area contributed by atoms with Crippen LogP contribution in [0.3, 0.4) is 0 Å². The van der Waals surface area contributed by atoms with Gasteiger partial charge < -0.3 is 10.2 Å². The normalized spacial score (nSPS) is 23.4. The van der Waals surface area contributed by atoms with Gasteiger partial charge in [0.2, 0.25) is 5.82 Å². The van der Waals surface area contributed by atoms with Crippen molar-refractivity contribution in [3.63, 3.8) is 0 Å². The van der Waals surface area contributed by atoms with Crippen molar-refractivity contribution in [2.45, 2.75) is 50.1 Å². The number of ketones is 1. The molecule has 2 atom stereocenters. The fourth-order valence-corrected chi connectivity index (χ4v) is 6.77. The molecular weight excluding hydrogens is 508 g/mol. The van der Waals surface area contributed by atoms with Crippen LogP contribution in [0.1, 0.15) is 70.4 Å². The van der Waals surface area contributed by atoms with Gasteiger partial charge in [-0.2, -0.15) is 14.7 Å². The van der Waals surface area contributed by atoms with Crippen LogP contribution in [0.4, 0.5) is 5.82 Å². The largest absolute Gasteiger partial charge is 0.369 e. The molecule has 1 amide bonds. The number of pyridine rings is 1. The number of Topliss-reactive ketones (excluding diaryl/α,β-unsaturated/α-hetero) is 1. The number of nitrogens with zero attached hydrogens (tertiary/aromatic N) is 8. The van der Waals surface area contributed by atoms with Gasteiger partial charge in [0.05, 0.1) is 35.4 Å². The molecule has 2 bridgehead atoms. The monoisotopic (exact) mass is 534 g/mol. The molecule has 4 aromatic heterocycles. The lowest BCUT2D eigenvalue weighted by atomic mass is 9.84. The zero-order chi connectivity index (χ0) is 26.8. The molecule has 4 aliphatic rings. The number of carbonyl (C=O) groups excluding carboxylic acids is 2. The molecule has 2 unspecified atom stereocenters. The summed E-state index contributed by atoms with van der Waals surface area (Å²) >= 11 is 0. The van der Waals surface area contributed by atoms with Crippen molar-refractivity contribution in [2.75, 3.05) is 18.4 Å². The van der Waals surface area contributed by atoms with Gasteiger partial charge in [-0.05, 0) is 37.8 Å². The number of allylic oxidation sites excluding steroid dienone is 1. The molecule has 2 N–H and O–H groups in total. The van der Waals surface area contributed by atoms with Crippen LogP contribution >= 0.6 is 0 Å². The summed E-state index contributed by atoms with van der Waals surface area (Å²) < 4.78 is 1.75. The molecule has 12 heteroatoms. The summed E-state index contributed by atoms with van der Waals surface area (Å²) in [6.45, 7) is 1.24. The molecule has 40 heavy (non-hydrogen) atoms. The molecule has 2 fully saturated rings. The highest BCUT2D eigenvalue weighted by molar-refractivity contribution is 6.08. The van der Waals surface area contributed by atoms with Crippen molar-refractivity contribution in [3.05, 3.63) is 65.8 Å². The third kappa shape index (κ3) is 3.51. The number of piperidine rings is 1. The van der Waals surface area contributed by atoms with E-state index in [0.717, 1.165) is 53.9 Å². The van der Waals surface area contributed by atoms with E-state index < -0.39 is 0 Å². The summed E-state index contributed by atoms with van der Waals surface area (Å²) in [5.74, 6) is 0.990. The predicted octanol–water partition coefficient (Wildman–Crippen LogP) is 2.82. The first-order valence-electron chi connectivity index (χ1n) is 13.7. The van der Waals surface area contributed by atoms with Gasteiger partial charge in [-0.1, -0.05) is 12.1 Å². The average molecular weight is 535 g/mol. The van der Waals surface area contributed by atoms with E-state index in [0.29, 0.717) is 36.5 Å². The van der Waals surface area contributed by atoms with Crippen LogP contribution in [0, 0.1) is 0 Å². The van der Waals surface area contributed by atoms with E-state index in [1.54, 1.807) is 10.7 Å². The number of fused-ring (bicyclic) bond motifs is 5. The molecule has 4 aliphatic heterocycles. The first-order chi connectivity index (χ1) is 19.7. The molecule has 2 saturated heterocycles. The summed E-state index contributed by atoms with van der Waals surface area (Å²) in [7, 11) is 0. The van der Waals surface area contributed by atoms with Crippen molar-refractivity contribution in [1.29, 1.82) is 0 Å². The summed E-state index contributed by atoms with van der Waals surface area (Å²) in [5, 5.41) is 14.6. The Morgan fingerprint density at radius 1 is 1.07 bits per heavy atom. The Kier molecular flexibility index (Phi) is 5.16. The maximum Gasteiger partial charge on any atom is 0.291 e. The van der Waals surface area contributed by atoms with Crippen LogP contribution in [0.15, 0.2) is 48.0 Å². The summed E-state index contributed by atoms with van der Waals surface area (Å²) in [4.78, 5) is 46.8. The van der Waals surface area contributed by atoms with E-state index in [1.807, 2.05) is 35.4 Å². The van der Waals surface area contributed by atoms with Crippen LogP contribution in [-0.2, 0) is 0 Å². The zero-order valence-corrected chi connectivity index (χ0v) is 21.6. The number of amides is 1. The second-order valence-corrected chi connectivity index (χ2v) is 10.8. The highest BCUT2D eigenvalue weighted by Crippen LogP contribution is 2.45. The Hall–Kier alpha value is -4.74. The highest BCUT2D eigenvalue weighted by Gasteiger charge is 2.46. The van der Waals surface area contributed by atoms with Crippen LogP contribution in [0.5, 0.6) is 0 Å². The Bertz CT molecular complexity index is 1710. The van der Waals surface area contributed by atoms with Crippen molar-refractivity contribution < 1.29 is 9.59 Å².